The second-order valence-electron chi connectivity index (χ2n) is 4.32. The first-order chi connectivity index (χ1) is 6.42. The first-order valence-electron chi connectivity index (χ1n) is 4.88. The van der Waals surface area contributed by atoms with Gasteiger partial charge in [-0.2, -0.15) is 0 Å². The van der Waals surface area contributed by atoms with Crippen molar-refractivity contribution in [2.24, 2.45) is 5.92 Å². The van der Waals surface area contributed by atoms with Crippen molar-refractivity contribution in [2.75, 3.05) is 0 Å². The summed E-state index contributed by atoms with van der Waals surface area (Å²) >= 11 is 0. The van der Waals surface area contributed by atoms with E-state index >= 15 is 0 Å². The van der Waals surface area contributed by atoms with Crippen LogP contribution in [0.15, 0.2) is 24.3 Å². The van der Waals surface area contributed by atoms with Gasteiger partial charge in [-0.05, 0) is 30.5 Å². The monoisotopic (exact) mass is 196 g/mol. The first kappa shape index (κ1) is 11.2. The molecule has 0 saturated heterocycles. The molecule has 0 spiro atoms. The van der Waals surface area contributed by atoms with Gasteiger partial charge in [0, 0.05) is 6.42 Å². The van der Waals surface area contributed by atoms with E-state index in [1.165, 1.54) is 12.1 Å². The van der Waals surface area contributed by atoms with Crippen molar-refractivity contribution in [2.45, 2.75) is 32.8 Å². The number of halogens is 1. The molecule has 1 N–H and O–H groups in total. The van der Waals surface area contributed by atoms with Crippen LogP contribution in [0.2, 0.25) is 0 Å². The third-order valence-electron chi connectivity index (χ3n) is 2.72. The van der Waals surface area contributed by atoms with Crippen molar-refractivity contribution in [3.05, 3.63) is 35.6 Å². The molecule has 0 aliphatic heterocycles. The zero-order valence-corrected chi connectivity index (χ0v) is 8.92. The minimum absolute atomic E-state index is 0.188. The molecular weight excluding hydrogens is 179 g/mol. The molecule has 78 valence electrons. The van der Waals surface area contributed by atoms with Crippen LogP contribution in [0, 0.1) is 11.7 Å². The van der Waals surface area contributed by atoms with Gasteiger partial charge in [-0.1, -0.05) is 26.0 Å². The molecule has 1 unspecified atom stereocenters. The normalized spacial score (nSPS) is 15.6. The predicted molar refractivity (Wildman–Crippen MR) is 55.6 cm³/mol. The Morgan fingerprint density at radius 3 is 2.21 bits per heavy atom. The molecule has 0 aliphatic rings. The molecule has 0 radical (unpaired) electrons. The van der Waals surface area contributed by atoms with Gasteiger partial charge in [-0.15, -0.1) is 0 Å². The number of aliphatic hydroxyl groups is 1. The quantitative estimate of drug-likeness (QED) is 0.788. The van der Waals surface area contributed by atoms with Crippen molar-refractivity contribution in [3.63, 3.8) is 0 Å². The van der Waals surface area contributed by atoms with Crippen molar-refractivity contribution < 1.29 is 9.50 Å². The molecule has 1 aromatic rings. The maximum absolute atomic E-state index is 12.6. The lowest BCUT2D eigenvalue weighted by Gasteiger charge is -2.27. The van der Waals surface area contributed by atoms with E-state index in [4.69, 9.17) is 0 Å². The Labute approximate surface area is 84.6 Å². The fourth-order valence-corrected chi connectivity index (χ4v) is 1.22. The predicted octanol–water partition coefficient (Wildman–Crippen LogP) is 2.78. The minimum Gasteiger partial charge on any atom is -0.390 e. The van der Waals surface area contributed by atoms with Crippen LogP contribution in [0.25, 0.3) is 0 Å². The summed E-state index contributed by atoms with van der Waals surface area (Å²) in [7, 11) is 0. The van der Waals surface area contributed by atoms with E-state index < -0.39 is 5.60 Å². The summed E-state index contributed by atoms with van der Waals surface area (Å²) in [4.78, 5) is 0. The van der Waals surface area contributed by atoms with Crippen LogP contribution in [0.5, 0.6) is 0 Å². The van der Waals surface area contributed by atoms with E-state index in [2.05, 4.69) is 0 Å². The lowest BCUT2D eigenvalue weighted by molar-refractivity contribution is 0.0139. The molecule has 1 nitrogen and oxygen atoms in total. The topological polar surface area (TPSA) is 20.2 Å². The highest BCUT2D eigenvalue weighted by Crippen LogP contribution is 2.21. The van der Waals surface area contributed by atoms with Gasteiger partial charge >= 0.3 is 0 Å². The fraction of sp³-hybridized carbons (Fsp3) is 0.500. The van der Waals surface area contributed by atoms with Gasteiger partial charge < -0.3 is 5.11 Å². The van der Waals surface area contributed by atoms with E-state index in [0.717, 1.165) is 5.56 Å². The fourth-order valence-electron chi connectivity index (χ4n) is 1.22. The van der Waals surface area contributed by atoms with Crippen LogP contribution in [-0.4, -0.2) is 10.7 Å². The second-order valence-corrected chi connectivity index (χ2v) is 4.32. The van der Waals surface area contributed by atoms with Crippen LogP contribution < -0.4 is 0 Å². The van der Waals surface area contributed by atoms with Crippen LogP contribution in [0.4, 0.5) is 4.39 Å². The Bertz CT molecular complexity index is 288. The lowest BCUT2D eigenvalue weighted by Crippen LogP contribution is -2.33. The lowest BCUT2D eigenvalue weighted by atomic mass is 9.86. The molecule has 0 aliphatic carbocycles. The van der Waals surface area contributed by atoms with E-state index in [1.807, 2.05) is 13.8 Å². The molecule has 0 fully saturated rings. The largest absolute Gasteiger partial charge is 0.390 e. The maximum atomic E-state index is 12.6. The van der Waals surface area contributed by atoms with E-state index in [1.54, 1.807) is 19.1 Å². The molecule has 0 aromatic heterocycles. The Hall–Kier alpha value is -0.890. The van der Waals surface area contributed by atoms with Crippen molar-refractivity contribution in [3.8, 4) is 0 Å². The average molecular weight is 196 g/mol. The van der Waals surface area contributed by atoms with Gasteiger partial charge in [0.05, 0.1) is 5.60 Å². The Balaban J connectivity index is 2.74. The van der Waals surface area contributed by atoms with E-state index in [-0.39, 0.29) is 11.7 Å². The minimum atomic E-state index is -0.724. The van der Waals surface area contributed by atoms with E-state index in [9.17, 15) is 9.50 Å². The van der Waals surface area contributed by atoms with Crippen LogP contribution >= 0.6 is 0 Å². The summed E-state index contributed by atoms with van der Waals surface area (Å²) in [5, 5.41) is 10.0. The summed E-state index contributed by atoms with van der Waals surface area (Å²) < 4.78 is 12.6. The summed E-state index contributed by atoms with van der Waals surface area (Å²) in [5.41, 5.74) is 0.239. The van der Waals surface area contributed by atoms with Crippen LogP contribution in [0.3, 0.4) is 0 Å². The molecule has 2 heteroatoms. The molecule has 0 heterocycles. The molecule has 0 bridgehead atoms. The highest BCUT2D eigenvalue weighted by molar-refractivity contribution is 5.18. The first-order valence-corrected chi connectivity index (χ1v) is 4.88. The highest BCUT2D eigenvalue weighted by atomic mass is 19.1. The summed E-state index contributed by atoms with van der Waals surface area (Å²) in [5.74, 6) is -0.0505. The summed E-state index contributed by atoms with van der Waals surface area (Å²) in [6.45, 7) is 5.76. The van der Waals surface area contributed by atoms with Gasteiger partial charge in [0.25, 0.3) is 0 Å². The van der Waals surface area contributed by atoms with Crippen LogP contribution in [-0.2, 0) is 6.42 Å². The van der Waals surface area contributed by atoms with Gasteiger partial charge in [0.2, 0.25) is 0 Å². The zero-order valence-electron chi connectivity index (χ0n) is 8.92. The summed E-state index contributed by atoms with van der Waals surface area (Å²) in [6.07, 6.45) is 0.560. The molecule has 1 aromatic carbocycles. The molecule has 0 amide bonds. The third kappa shape index (κ3) is 2.81. The Morgan fingerprint density at radius 2 is 1.79 bits per heavy atom. The van der Waals surface area contributed by atoms with Gasteiger partial charge in [-0.3, -0.25) is 0 Å². The Kier molecular flexibility index (Phi) is 3.27. The standard InChI is InChI=1S/C12H17FO/c1-9(2)12(3,14)8-10-4-6-11(13)7-5-10/h4-7,9,14H,8H2,1-3H3. The van der Waals surface area contributed by atoms with Gasteiger partial charge in [-0.25, -0.2) is 4.39 Å². The smallest absolute Gasteiger partial charge is 0.123 e. The number of hydrogen-bond acceptors (Lipinski definition) is 1. The van der Waals surface area contributed by atoms with Crippen molar-refractivity contribution in [1.29, 1.82) is 0 Å². The maximum Gasteiger partial charge on any atom is 0.123 e. The van der Waals surface area contributed by atoms with Gasteiger partial charge in [0.15, 0.2) is 0 Å². The van der Waals surface area contributed by atoms with Crippen molar-refractivity contribution >= 4 is 0 Å². The highest BCUT2D eigenvalue weighted by Gasteiger charge is 2.24. The number of hydrogen-bond donors (Lipinski definition) is 1. The number of rotatable bonds is 3. The van der Waals surface area contributed by atoms with Gasteiger partial charge in [0.1, 0.15) is 5.82 Å². The molecule has 1 atom stereocenters. The second kappa shape index (κ2) is 4.09. The Morgan fingerprint density at radius 1 is 1.29 bits per heavy atom. The van der Waals surface area contributed by atoms with Crippen molar-refractivity contribution in [1.82, 2.24) is 0 Å². The average Bonchev–Trinajstić information content (AvgIpc) is 2.08. The SMILES string of the molecule is CC(C)C(C)(O)Cc1ccc(F)cc1. The molecule has 0 saturated carbocycles. The summed E-state index contributed by atoms with van der Waals surface area (Å²) in [6, 6.07) is 6.27. The number of benzene rings is 1. The van der Waals surface area contributed by atoms with Crippen LogP contribution in [0.1, 0.15) is 26.3 Å². The van der Waals surface area contributed by atoms with E-state index in [0.29, 0.717) is 6.42 Å². The molecule has 14 heavy (non-hydrogen) atoms. The zero-order chi connectivity index (χ0) is 10.8. The third-order valence-corrected chi connectivity index (χ3v) is 2.72. The molecule has 1 rings (SSSR count). The molecular formula is C12H17FO.